The highest BCUT2D eigenvalue weighted by Crippen LogP contribution is 2.07. The van der Waals surface area contributed by atoms with Crippen LogP contribution in [0.2, 0.25) is 0 Å². The van der Waals surface area contributed by atoms with Crippen molar-refractivity contribution in [3.8, 4) is 0 Å². The van der Waals surface area contributed by atoms with E-state index in [0.717, 1.165) is 32.7 Å². The van der Waals surface area contributed by atoms with E-state index in [0.29, 0.717) is 32.7 Å². The van der Waals surface area contributed by atoms with Crippen LogP contribution in [0, 0.1) is 0 Å². The highest BCUT2D eigenvalue weighted by atomic mass is 16.6. The van der Waals surface area contributed by atoms with Crippen LogP contribution in [0.1, 0.15) is 34.6 Å². The van der Waals surface area contributed by atoms with E-state index in [1.807, 2.05) is 20.8 Å². The zero-order valence-electron chi connectivity index (χ0n) is 18.3. The van der Waals surface area contributed by atoms with Gasteiger partial charge in [-0.15, -0.1) is 0 Å². The number of carbonyl (C=O) groups excluding carboxylic acids is 3. The molecule has 0 bridgehead atoms. The van der Waals surface area contributed by atoms with Gasteiger partial charge in [0.05, 0.1) is 19.6 Å². The van der Waals surface area contributed by atoms with Crippen molar-refractivity contribution < 1.29 is 19.1 Å². The van der Waals surface area contributed by atoms with Gasteiger partial charge in [0.1, 0.15) is 17.2 Å². The molecule has 162 valence electrons. The van der Waals surface area contributed by atoms with E-state index < -0.39 is 5.60 Å². The standard InChI is InChI=1S/C20H38N4O4/c1-17(25)14-22-8-6-21-7-9-23(16-19(27)28-20(3,4)5)11-13-24(12-10-22)15-18(2)26/h21H,6-16H2,1-5H3. The van der Waals surface area contributed by atoms with Gasteiger partial charge in [-0.3, -0.25) is 29.1 Å². The highest BCUT2D eigenvalue weighted by molar-refractivity contribution is 5.78. The molecule has 0 aliphatic carbocycles. The van der Waals surface area contributed by atoms with Crippen LogP contribution in [0.25, 0.3) is 0 Å². The fraction of sp³-hybridized carbons (Fsp3) is 0.850. The molecule has 28 heavy (non-hydrogen) atoms. The fourth-order valence-corrected chi connectivity index (χ4v) is 3.16. The largest absolute Gasteiger partial charge is 0.459 e. The number of nitrogens with one attached hydrogen (secondary N) is 1. The van der Waals surface area contributed by atoms with Crippen molar-refractivity contribution >= 4 is 17.5 Å². The van der Waals surface area contributed by atoms with Gasteiger partial charge in [0.2, 0.25) is 0 Å². The number of hydrogen-bond acceptors (Lipinski definition) is 8. The zero-order chi connectivity index (χ0) is 21.2. The molecule has 1 aliphatic heterocycles. The van der Waals surface area contributed by atoms with Crippen molar-refractivity contribution in [2.45, 2.75) is 40.2 Å². The summed E-state index contributed by atoms with van der Waals surface area (Å²) in [5, 5.41) is 3.39. The summed E-state index contributed by atoms with van der Waals surface area (Å²) < 4.78 is 5.45. The lowest BCUT2D eigenvalue weighted by molar-refractivity contribution is -0.156. The molecule has 0 unspecified atom stereocenters. The molecular formula is C20H38N4O4. The fourth-order valence-electron chi connectivity index (χ4n) is 3.16. The van der Waals surface area contributed by atoms with Crippen molar-refractivity contribution in [1.82, 2.24) is 20.0 Å². The minimum Gasteiger partial charge on any atom is -0.459 e. The summed E-state index contributed by atoms with van der Waals surface area (Å²) in [4.78, 5) is 41.7. The van der Waals surface area contributed by atoms with E-state index in [-0.39, 0.29) is 24.1 Å². The number of ketones is 2. The molecule has 1 N–H and O–H groups in total. The van der Waals surface area contributed by atoms with Crippen LogP contribution >= 0.6 is 0 Å². The van der Waals surface area contributed by atoms with Gasteiger partial charge < -0.3 is 10.1 Å². The van der Waals surface area contributed by atoms with Crippen LogP contribution in [0.15, 0.2) is 0 Å². The third kappa shape index (κ3) is 12.2. The third-order valence-corrected chi connectivity index (χ3v) is 4.34. The van der Waals surface area contributed by atoms with E-state index in [4.69, 9.17) is 4.74 Å². The second kappa shape index (κ2) is 12.3. The van der Waals surface area contributed by atoms with Gasteiger partial charge in [-0.25, -0.2) is 0 Å². The maximum Gasteiger partial charge on any atom is 0.320 e. The maximum absolute atomic E-state index is 12.2. The first kappa shape index (κ1) is 24.7. The molecule has 1 heterocycles. The third-order valence-electron chi connectivity index (χ3n) is 4.34. The average molecular weight is 399 g/mol. The van der Waals surface area contributed by atoms with Gasteiger partial charge in [0.25, 0.3) is 0 Å². The summed E-state index contributed by atoms with van der Waals surface area (Å²) in [6.07, 6.45) is 0. The SMILES string of the molecule is CC(=O)CN1CCNCCN(CC(=O)OC(C)(C)C)CCN(CC(C)=O)CC1. The summed E-state index contributed by atoms with van der Waals surface area (Å²) >= 11 is 0. The minimum absolute atomic E-state index is 0.116. The zero-order valence-corrected chi connectivity index (χ0v) is 18.3. The van der Waals surface area contributed by atoms with Crippen LogP contribution in [0.4, 0.5) is 0 Å². The lowest BCUT2D eigenvalue weighted by Crippen LogP contribution is -2.47. The molecule has 8 heteroatoms. The summed E-state index contributed by atoms with van der Waals surface area (Å²) in [5.41, 5.74) is -0.497. The second-order valence-electron chi connectivity index (χ2n) is 8.57. The van der Waals surface area contributed by atoms with Crippen LogP contribution in [-0.2, 0) is 19.1 Å². The first-order chi connectivity index (χ1) is 13.0. The summed E-state index contributed by atoms with van der Waals surface area (Å²) in [6, 6.07) is 0. The molecule has 1 aliphatic rings. The Balaban J connectivity index is 2.71. The molecule has 0 saturated carbocycles. The summed E-state index contributed by atoms with van der Waals surface area (Å²) in [6.45, 7) is 15.7. The van der Waals surface area contributed by atoms with Gasteiger partial charge in [0.15, 0.2) is 0 Å². The van der Waals surface area contributed by atoms with Crippen molar-refractivity contribution in [1.29, 1.82) is 0 Å². The molecular weight excluding hydrogens is 360 g/mol. The van der Waals surface area contributed by atoms with Gasteiger partial charge in [-0.1, -0.05) is 0 Å². The molecule has 0 aromatic carbocycles. The summed E-state index contributed by atoms with van der Waals surface area (Å²) in [5.74, 6) is 0.0321. The van der Waals surface area contributed by atoms with Gasteiger partial charge in [-0.2, -0.15) is 0 Å². The lowest BCUT2D eigenvalue weighted by Gasteiger charge is -2.31. The molecule has 0 amide bonds. The molecule has 8 nitrogen and oxygen atoms in total. The Morgan fingerprint density at radius 3 is 1.54 bits per heavy atom. The average Bonchev–Trinajstić information content (AvgIpc) is 2.52. The van der Waals surface area contributed by atoms with Crippen molar-refractivity contribution in [3.63, 3.8) is 0 Å². The Bertz CT molecular complexity index is 519. The maximum atomic E-state index is 12.2. The number of Topliss-reactive ketones (excluding diaryl/α,β-unsaturated/α-hetero) is 2. The monoisotopic (exact) mass is 398 g/mol. The Labute approximate surface area is 169 Å². The molecule has 0 atom stereocenters. The number of ether oxygens (including phenoxy) is 1. The highest BCUT2D eigenvalue weighted by Gasteiger charge is 2.20. The normalized spacial score (nSPS) is 19.5. The predicted octanol–water partition coefficient (Wildman–Crippen LogP) is 0.0153. The van der Waals surface area contributed by atoms with Crippen LogP contribution in [0.3, 0.4) is 0 Å². The minimum atomic E-state index is -0.497. The molecule has 0 aromatic rings. The smallest absolute Gasteiger partial charge is 0.320 e. The van der Waals surface area contributed by atoms with E-state index >= 15 is 0 Å². The number of rotatable bonds is 6. The van der Waals surface area contributed by atoms with Crippen molar-refractivity contribution in [2.24, 2.45) is 0 Å². The summed E-state index contributed by atoms with van der Waals surface area (Å²) in [7, 11) is 0. The van der Waals surface area contributed by atoms with E-state index in [2.05, 4.69) is 20.0 Å². The first-order valence-corrected chi connectivity index (χ1v) is 10.1. The number of hydrogen-bond donors (Lipinski definition) is 1. The Hall–Kier alpha value is -1.35. The van der Waals surface area contributed by atoms with E-state index in [1.54, 1.807) is 13.8 Å². The molecule has 0 aromatic heterocycles. The number of nitrogens with zero attached hydrogens (tertiary/aromatic N) is 3. The Morgan fingerprint density at radius 2 is 1.14 bits per heavy atom. The lowest BCUT2D eigenvalue weighted by atomic mass is 10.2. The quantitative estimate of drug-likeness (QED) is 0.627. The predicted molar refractivity (Wildman–Crippen MR) is 109 cm³/mol. The topological polar surface area (TPSA) is 82.2 Å². The number of esters is 1. The van der Waals surface area contributed by atoms with Crippen LogP contribution in [-0.4, -0.2) is 110 Å². The van der Waals surface area contributed by atoms with Gasteiger partial charge in [-0.05, 0) is 34.6 Å². The van der Waals surface area contributed by atoms with Crippen LogP contribution in [0.5, 0.6) is 0 Å². The van der Waals surface area contributed by atoms with Gasteiger partial charge >= 0.3 is 5.97 Å². The molecule has 0 spiro atoms. The van der Waals surface area contributed by atoms with Crippen LogP contribution < -0.4 is 5.32 Å². The molecule has 1 rings (SSSR count). The molecule has 0 radical (unpaired) electrons. The second-order valence-corrected chi connectivity index (χ2v) is 8.57. The number of carbonyl (C=O) groups is 3. The van der Waals surface area contributed by atoms with Crippen molar-refractivity contribution in [3.05, 3.63) is 0 Å². The first-order valence-electron chi connectivity index (χ1n) is 10.1. The van der Waals surface area contributed by atoms with E-state index in [1.165, 1.54) is 0 Å². The van der Waals surface area contributed by atoms with Gasteiger partial charge in [0, 0.05) is 52.4 Å². The molecule has 1 fully saturated rings. The molecule has 1 saturated heterocycles. The van der Waals surface area contributed by atoms with E-state index in [9.17, 15) is 14.4 Å². The Kier molecular flexibility index (Phi) is 10.8. The Morgan fingerprint density at radius 1 is 0.750 bits per heavy atom. The van der Waals surface area contributed by atoms with Crippen molar-refractivity contribution in [2.75, 3.05) is 72.0 Å².